The summed E-state index contributed by atoms with van der Waals surface area (Å²) in [5, 5.41) is 20.5. The molecule has 3 heteroatoms. The molecule has 0 aliphatic heterocycles. The fourth-order valence-corrected chi connectivity index (χ4v) is 1.11. The lowest BCUT2D eigenvalue weighted by molar-refractivity contribution is 0.171. The zero-order valence-corrected chi connectivity index (χ0v) is 7.88. The molecule has 0 aromatic heterocycles. The minimum absolute atomic E-state index is 0.247. The second-order valence-electron chi connectivity index (χ2n) is 3.20. The second-order valence-corrected chi connectivity index (χ2v) is 3.20. The van der Waals surface area contributed by atoms with Crippen molar-refractivity contribution in [3.8, 4) is 6.07 Å². The molecular weight excluding hydrogens is 152 g/mol. The van der Waals surface area contributed by atoms with E-state index in [0.717, 1.165) is 19.4 Å². The lowest BCUT2D eigenvalue weighted by atomic mass is 10.1. The highest BCUT2D eigenvalue weighted by atomic mass is 16.3. The minimum Gasteiger partial charge on any atom is -0.393 e. The van der Waals surface area contributed by atoms with Crippen LogP contribution in [0.5, 0.6) is 0 Å². The highest BCUT2D eigenvalue weighted by molar-refractivity contribution is 4.70. The average Bonchev–Trinajstić information content (AvgIpc) is 1.97. The van der Waals surface area contributed by atoms with Crippen LogP contribution in [0.2, 0.25) is 0 Å². The monoisotopic (exact) mass is 170 g/mol. The fraction of sp³-hybridized carbons (Fsp3) is 0.889. The van der Waals surface area contributed by atoms with Gasteiger partial charge in [0.1, 0.15) is 0 Å². The van der Waals surface area contributed by atoms with Gasteiger partial charge in [-0.05, 0) is 33.2 Å². The Morgan fingerprint density at radius 2 is 2.17 bits per heavy atom. The van der Waals surface area contributed by atoms with Crippen molar-refractivity contribution in [1.82, 2.24) is 5.32 Å². The zero-order chi connectivity index (χ0) is 9.40. The van der Waals surface area contributed by atoms with Crippen molar-refractivity contribution < 1.29 is 5.11 Å². The summed E-state index contributed by atoms with van der Waals surface area (Å²) < 4.78 is 0. The maximum Gasteiger partial charge on any atom is 0.0622 e. The van der Waals surface area contributed by atoms with E-state index in [0.29, 0.717) is 12.5 Å². The molecule has 0 bridgehead atoms. The largest absolute Gasteiger partial charge is 0.393 e. The standard InChI is InChI=1S/C9H18N2O/c1-8(7-9(2)12)11-6-4-3-5-10/h8-9,11-12H,3-4,6-7H2,1-2H3. The maximum atomic E-state index is 9.03. The number of nitriles is 1. The fourth-order valence-electron chi connectivity index (χ4n) is 1.11. The summed E-state index contributed by atoms with van der Waals surface area (Å²) in [4.78, 5) is 0. The normalized spacial score (nSPS) is 15.2. The first-order valence-electron chi connectivity index (χ1n) is 4.45. The highest BCUT2D eigenvalue weighted by Crippen LogP contribution is 1.96. The smallest absolute Gasteiger partial charge is 0.0622 e. The molecule has 70 valence electrons. The first-order valence-corrected chi connectivity index (χ1v) is 4.45. The molecule has 0 rings (SSSR count). The van der Waals surface area contributed by atoms with Crippen LogP contribution in [0.4, 0.5) is 0 Å². The molecule has 0 saturated heterocycles. The van der Waals surface area contributed by atoms with E-state index < -0.39 is 0 Å². The van der Waals surface area contributed by atoms with Gasteiger partial charge in [-0.3, -0.25) is 0 Å². The van der Waals surface area contributed by atoms with Crippen molar-refractivity contribution >= 4 is 0 Å². The second kappa shape index (κ2) is 7.08. The topological polar surface area (TPSA) is 56.0 Å². The summed E-state index contributed by atoms with van der Waals surface area (Å²) in [6, 6.07) is 2.43. The van der Waals surface area contributed by atoms with Crippen molar-refractivity contribution in [2.75, 3.05) is 6.54 Å². The van der Waals surface area contributed by atoms with Crippen LogP contribution in [-0.2, 0) is 0 Å². The number of nitrogens with zero attached hydrogens (tertiary/aromatic N) is 1. The number of hydrogen-bond donors (Lipinski definition) is 2. The zero-order valence-electron chi connectivity index (χ0n) is 7.88. The molecule has 2 atom stereocenters. The molecule has 0 radical (unpaired) electrons. The van der Waals surface area contributed by atoms with Crippen LogP contribution in [0, 0.1) is 11.3 Å². The van der Waals surface area contributed by atoms with Gasteiger partial charge < -0.3 is 10.4 Å². The summed E-state index contributed by atoms with van der Waals surface area (Å²) in [6.07, 6.45) is 2.02. The van der Waals surface area contributed by atoms with Gasteiger partial charge in [-0.15, -0.1) is 0 Å². The van der Waals surface area contributed by atoms with Gasteiger partial charge in [-0.1, -0.05) is 0 Å². The summed E-state index contributed by atoms with van der Waals surface area (Å²) >= 11 is 0. The predicted octanol–water partition coefficient (Wildman–Crippen LogP) is 1.04. The lowest BCUT2D eigenvalue weighted by Gasteiger charge is -2.14. The molecule has 0 aliphatic rings. The first-order chi connectivity index (χ1) is 5.66. The Morgan fingerprint density at radius 1 is 1.50 bits per heavy atom. The summed E-state index contributed by atoms with van der Waals surface area (Å²) in [5.74, 6) is 0. The van der Waals surface area contributed by atoms with Gasteiger partial charge in [0.2, 0.25) is 0 Å². The van der Waals surface area contributed by atoms with E-state index in [1.807, 2.05) is 6.92 Å². The van der Waals surface area contributed by atoms with E-state index in [4.69, 9.17) is 10.4 Å². The molecule has 0 saturated carbocycles. The molecule has 0 aromatic rings. The SMILES string of the molecule is CC(O)CC(C)NCCCC#N. The molecular formula is C9H18N2O. The molecule has 3 nitrogen and oxygen atoms in total. The molecule has 0 heterocycles. The Morgan fingerprint density at radius 3 is 2.67 bits per heavy atom. The molecule has 0 fully saturated rings. The molecule has 0 amide bonds. The van der Waals surface area contributed by atoms with Gasteiger partial charge in [0.05, 0.1) is 12.2 Å². The summed E-state index contributed by atoms with van der Waals surface area (Å²) in [5.41, 5.74) is 0. The van der Waals surface area contributed by atoms with Crippen LogP contribution in [0.1, 0.15) is 33.1 Å². The van der Waals surface area contributed by atoms with Crippen LogP contribution < -0.4 is 5.32 Å². The molecule has 0 spiro atoms. The Balaban J connectivity index is 3.20. The third-order valence-electron chi connectivity index (χ3n) is 1.65. The van der Waals surface area contributed by atoms with Crippen molar-refractivity contribution in [3.05, 3.63) is 0 Å². The van der Waals surface area contributed by atoms with Gasteiger partial charge >= 0.3 is 0 Å². The summed E-state index contributed by atoms with van der Waals surface area (Å²) in [7, 11) is 0. The van der Waals surface area contributed by atoms with Crippen molar-refractivity contribution in [2.24, 2.45) is 0 Å². The number of aliphatic hydroxyl groups is 1. The van der Waals surface area contributed by atoms with Crippen LogP contribution in [-0.4, -0.2) is 23.8 Å². The molecule has 12 heavy (non-hydrogen) atoms. The van der Waals surface area contributed by atoms with Crippen LogP contribution in [0.15, 0.2) is 0 Å². The highest BCUT2D eigenvalue weighted by Gasteiger charge is 2.03. The Labute approximate surface area is 74.4 Å². The van der Waals surface area contributed by atoms with Gasteiger partial charge in [0.25, 0.3) is 0 Å². The van der Waals surface area contributed by atoms with Crippen LogP contribution in [0.25, 0.3) is 0 Å². The first kappa shape index (κ1) is 11.4. The molecule has 2 N–H and O–H groups in total. The maximum absolute atomic E-state index is 9.03. The van der Waals surface area contributed by atoms with E-state index in [1.54, 1.807) is 6.92 Å². The molecule has 2 unspecified atom stereocenters. The Bertz CT molecular complexity index is 140. The number of unbranched alkanes of at least 4 members (excludes halogenated alkanes) is 1. The van der Waals surface area contributed by atoms with Crippen LogP contribution in [0.3, 0.4) is 0 Å². The molecule has 0 aromatic carbocycles. The van der Waals surface area contributed by atoms with Crippen molar-refractivity contribution in [1.29, 1.82) is 5.26 Å². The third-order valence-corrected chi connectivity index (χ3v) is 1.65. The lowest BCUT2D eigenvalue weighted by Crippen LogP contribution is -2.29. The average molecular weight is 170 g/mol. The van der Waals surface area contributed by atoms with Crippen molar-refractivity contribution in [3.63, 3.8) is 0 Å². The Hall–Kier alpha value is -0.590. The summed E-state index contributed by atoms with van der Waals surface area (Å²) in [6.45, 7) is 4.69. The van der Waals surface area contributed by atoms with E-state index in [-0.39, 0.29) is 6.10 Å². The number of aliphatic hydroxyl groups excluding tert-OH is 1. The minimum atomic E-state index is -0.247. The van der Waals surface area contributed by atoms with Crippen LogP contribution >= 0.6 is 0 Å². The number of nitrogens with one attached hydrogen (secondary N) is 1. The van der Waals surface area contributed by atoms with Gasteiger partial charge in [0, 0.05) is 12.5 Å². The quantitative estimate of drug-likeness (QED) is 0.586. The number of rotatable bonds is 6. The number of hydrogen-bond acceptors (Lipinski definition) is 3. The van der Waals surface area contributed by atoms with Gasteiger partial charge in [0.15, 0.2) is 0 Å². The van der Waals surface area contributed by atoms with E-state index in [9.17, 15) is 0 Å². The predicted molar refractivity (Wildman–Crippen MR) is 48.6 cm³/mol. The van der Waals surface area contributed by atoms with Crippen molar-refractivity contribution in [2.45, 2.75) is 45.3 Å². The Kier molecular flexibility index (Phi) is 6.73. The van der Waals surface area contributed by atoms with Gasteiger partial charge in [-0.25, -0.2) is 0 Å². The van der Waals surface area contributed by atoms with E-state index >= 15 is 0 Å². The van der Waals surface area contributed by atoms with Gasteiger partial charge in [-0.2, -0.15) is 5.26 Å². The van der Waals surface area contributed by atoms with E-state index in [1.165, 1.54) is 0 Å². The van der Waals surface area contributed by atoms with E-state index in [2.05, 4.69) is 11.4 Å². The molecule has 0 aliphatic carbocycles. The third kappa shape index (κ3) is 7.52.